The molecule has 0 spiro atoms. The third-order valence-corrected chi connectivity index (χ3v) is 4.50. The number of amides is 2. The maximum atomic E-state index is 12.1. The fraction of sp³-hybridized carbons (Fsp3) is 0.533. The summed E-state index contributed by atoms with van der Waals surface area (Å²) < 4.78 is 5.81. The summed E-state index contributed by atoms with van der Waals surface area (Å²) in [6.07, 6.45) is 1.92. The van der Waals surface area contributed by atoms with Crippen molar-refractivity contribution >= 4 is 17.4 Å². The summed E-state index contributed by atoms with van der Waals surface area (Å²) in [6.45, 7) is 5.33. The topological polar surface area (TPSA) is 71.3 Å². The van der Waals surface area contributed by atoms with Gasteiger partial charge in [0.2, 0.25) is 5.89 Å². The molecule has 0 radical (unpaired) electrons. The Bertz CT molecular complexity index is 623. The normalized spacial score (nSPS) is 18.7. The van der Waals surface area contributed by atoms with Gasteiger partial charge in [-0.25, -0.2) is 4.79 Å². The zero-order valence-electron chi connectivity index (χ0n) is 12.8. The first-order valence-electron chi connectivity index (χ1n) is 7.56. The molecule has 1 aliphatic rings. The lowest BCUT2D eigenvalue weighted by molar-refractivity contribution is 0.172. The number of nitrogens with one attached hydrogen (secondary N) is 1. The Morgan fingerprint density at radius 1 is 1.50 bits per heavy atom. The van der Waals surface area contributed by atoms with Crippen LogP contribution in [0.4, 0.5) is 4.79 Å². The summed E-state index contributed by atoms with van der Waals surface area (Å²) in [4.78, 5) is 14.9. The number of aromatic nitrogens is 2. The van der Waals surface area contributed by atoms with Crippen LogP contribution in [0.1, 0.15) is 38.5 Å². The second kappa shape index (κ2) is 6.48. The van der Waals surface area contributed by atoms with Crippen molar-refractivity contribution in [2.24, 2.45) is 0 Å². The fourth-order valence-electron chi connectivity index (χ4n) is 2.60. The van der Waals surface area contributed by atoms with Crippen molar-refractivity contribution in [1.82, 2.24) is 20.4 Å². The van der Waals surface area contributed by atoms with Gasteiger partial charge in [0, 0.05) is 19.1 Å². The van der Waals surface area contributed by atoms with Gasteiger partial charge in [-0.05, 0) is 38.1 Å². The standard InChI is InChI=1S/C15H20N4O2S/c1-10(2)16-15(20)19-7-3-5-11(9-19)13-17-18-14(21-13)12-6-4-8-22-12/h4,6,8,10-11H,3,5,7,9H2,1-2H3,(H,16,20)/t11-/m0/s1. The summed E-state index contributed by atoms with van der Waals surface area (Å²) in [7, 11) is 0. The van der Waals surface area contributed by atoms with Gasteiger partial charge in [0.15, 0.2) is 0 Å². The molecule has 2 amide bonds. The van der Waals surface area contributed by atoms with Gasteiger partial charge in [-0.15, -0.1) is 21.5 Å². The molecule has 3 rings (SSSR count). The number of hydrogen-bond acceptors (Lipinski definition) is 5. The van der Waals surface area contributed by atoms with Crippen LogP contribution < -0.4 is 5.32 Å². The lowest BCUT2D eigenvalue weighted by Crippen LogP contribution is -2.47. The number of nitrogens with zero attached hydrogens (tertiary/aromatic N) is 3. The molecule has 118 valence electrons. The number of hydrogen-bond donors (Lipinski definition) is 1. The molecule has 0 aromatic carbocycles. The third-order valence-electron chi connectivity index (χ3n) is 3.64. The zero-order chi connectivity index (χ0) is 15.5. The van der Waals surface area contributed by atoms with Crippen molar-refractivity contribution in [2.45, 2.75) is 38.6 Å². The Labute approximate surface area is 133 Å². The first-order chi connectivity index (χ1) is 10.6. The molecule has 1 atom stereocenters. The molecule has 22 heavy (non-hydrogen) atoms. The molecule has 6 nitrogen and oxygen atoms in total. The van der Waals surface area contributed by atoms with Crippen LogP contribution in [-0.4, -0.2) is 40.3 Å². The number of rotatable bonds is 3. The van der Waals surface area contributed by atoms with E-state index in [4.69, 9.17) is 4.42 Å². The predicted octanol–water partition coefficient (Wildman–Crippen LogP) is 3.10. The molecule has 0 bridgehead atoms. The van der Waals surface area contributed by atoms with Crippen molar-refractivity contribution in [2.75, 3.05) is 13.1 Å². The highest BCUT2D eigenvalue weighted by atomic mass is 32.1. The number of carbonyl (C=O) groups is 1. The lowest BCUT2D eigenvalue weighted by atomic mass is 9.98. The second-order valence-corrected chi connectivity index (χ2v) is 6.76. The smallest absolute Gasteiger partial charge is 0.317 e. The highest BCUT2D eigenvalue weighted by molar-refractivity contribution is 7.13. The molecule has 1 saturated heterocycles. The Balaban J connectivity index is 1.68. The van der Waals surface area contributed by atoms with Crippen LogP contribution in [0.15, 0.2) is 21.9 Å². The van der Waals surface area contributed by atoms with E-state index in [0.717, 1.165) is 24.3 Å². The third kappa shape index (κ3) is 3.30. The van der Waals surface area contributed by atoms with Crippen molar-refractivity contribution in [3.63, 3.8) is 0 Å². The predicted molar refractivity (Wildman–Crippen MR) is 84.8 cm³/mol. The van der Waals surface area contributed by atoms with Crippen LogP contribution >= 0.6 is 11.3 Å². The van der Waals surface area contributed by atoms with Crippen molar-refractivity contribution in [1.29, 1.82) is 0 Å². The molecule has 2 aromatic rings. The van der Waals surface area contributed by atoms with Crippen LogP contribution in [0.25, 0.3) is 10.8 Å². The molecule has 7 heteroatoms. The Hall–Kier alpha value is -1.89. The van der Waals surface area contributed by atoms with Crippen LogP contribution in [0, 0.1) is 0 Å². The number of carbonyl (C=O) groups excluding carboxylic acids is 1. The van der Waals surface area contributed by atoms with E-state index in [9.17, 15) is 4.79 Å². The average Bonchev–Trinajstić information content (AvgIpc) is 3.18. The van der Waals surface area contributed by atoms with Crippen molar-refractivity contribution < 1.29 is 9.21 Å². The number of urea groups is 1. The molecule has 0 unspecified atom stereocenters. The highest BCUT2D eigenvalue weighted by Crippen LogP contribution is 2.29. The zero-order valence-corrected chi connectivity index (χ0v) is 13.6. The largest absolute Gasteiger partial charge is 0.420 e. The average molecular weight is 320 g/mol. The van der Waals surface area contributed by atoms with Gasteiger partial charge in [0.1, 0.15) is 0 Å². The van der Waals surface area contributed by atoms with Gasteiger partial charge < -0.3 is 14.6 Å². The number of thiophene rings is 1. The monoisotopic (exact) mass is 320 g/mol. The second-order valence-electron chi connectivity index (χ2n) is 5.81. The molecule has 0 aliphatic carbocycles. The van der Waals surface area contributed by atoms with Crippen LogP contribution in [0.2, 0.25) is 0 Å². The van der Waals surface area contributed by atoms with Gasteiger partial charge >= 0.3 is 6.03 Å². The van der Waals surface area contributed by atoms with E-state index in [1.54, 1.807) is 11.3 Å². The molecule has 1 aliphatic heterocycles. The van der Waals surface area contributed by atoms with Crippen LogP contribution in [-0.2, 0) is 0 Å². The van der Waals surface area contributed by atoms with E-state index in [2.05, 4.69) is 15.5 Å². The van der Waals surface area contributed by atoms with Gasteiger partial charge in [-0.2, -0.15) is 0 Å². The van der Waals surface area contributed by atoms with E-state index in [1.165, 1.54) is 0 Å². The van der Waals surface area contributed by atoms with E-state index in [-0.39, 0.29) is 18.0 Å². The summed E-state index contributed by atoms with van der Waals surface area (Å²) in [5.74, 6) is 1.31. The number of piperidine rings is 1. The fourth-order valence-corrected chi connectivity index (χ4v) is 3.24. The van der Waals surface area contributed by atoms with Gasteiger partial charge in [-0.3, -0.25) is 0 Å². The van der Waals surface area contributed by atoms with E-state index < -0.39 is 0 Å². The Kier molecular flexibility index (Phi) is 4.42. The Morgan fingerprint density at radius 2 is 2.36 bits per heavy atom. The minimum absolute atomic E-state index is 0.0160. The molecule has 2 aromatic heterocycles. The van der Waals surface area contributed by atoms with Gasteiger partial charge in [-0.1, -0.05) is 6.07 Å². The van der Waals surface area contributed by atoms with Crippen LogP contribution in [0.5, 0.6) is 0 Å². The molecule has 1 N–H and O–H groups in total. The van der Waals surface area contributed by atoms with Crippen molar-refractivity contribution in [3.05, 3.63) is 23.4 Å². The van der Waals surface area contributed by atoms with Gasteiger partial charge in [0.25, 0.3) is 5.89 Å². The summed E-state index contributed by atoms with van der Waals surface area (Å²) in [5, 5.41) is 13.2. The van der Waals surface area contributed by atoms with E-state index in [0.29, 0.717) is 18.3 Å². The lowest BCUT2D eigenvalue weighted by Gasteiger charge is -2.31. The van der Waals surface area contributed by atoms with Crippen LogP contribution in [0.3, 0.4) is 0 Å². The quantitative estimate of drug-likeness (QED) is 0.943. The molecular formula is C15H20N4O2S. The summed E-state index contributed by atoms with van der Waals surface area (Å²) >= 11 is 1.58. The SMILES string of the molecule is CC(C)NC(=O)N1CCC[C@H](c2nnc(-c3cccs3)o2)C1. The van der Waals surface area contributed by atoms with E-state index in [1.807, 2.05) is 36.3 Å². The Morgan fingerprint density at radius 3 is 3.09 bits per heavy atom. The van der Waals surface area contributed by atoms with E-state index >= 15 is 0 Å². The minimum Gasteiger partial charge on any atom is -0.420 e. The highest BCUT2D eigenvalue weighted by Gasteiger charge is 2.28. The molecule has 1 fully saturated rings. The van der Waals surface area contributed by atoms with Crippen molar-refractivity contribution in [3.8, 4) is 10.8 Å². The maximum absolute atomic E-state index is 12.1. The first kappa shape index (κ1) is 15.0. The maximum Gasteiger partial charge on any atom is 0.317 e. The molecular weight excluding hydrogens is 300 g/mol. The number of likely N-dealkylation sites (tertiary alicyclic amines) is 1. The molecule has 3 heterocycles. The summed E-state index contributed by atoms with van der Waals surface area (Å²) in [6, 6.07) is 4.05. The minimum atomic E-state index is -0.0160. The first-order valence-corrected chi connectivity index (χ1v) is 8.44. The molecule has 0 saturated carbocycles. The summed E-state index contributed by atoms with van der Waals surface area (Å²) in [5.41, 5.74) is 0. The van der Waals surface area contributed by atoms with Gasteiger partial charge in [0.05, 0.1) is 10.8 Å².